The van der Waals surface area contributed by atoms with Crippen LogP contribution in [0.2, 0.25) is 0 Å². The number of H-pyrrole nitrogens is 1. The van der Waals surface area contributed by atoms with Crippen LogP contribution in [0.15, 0.2) is 84.8 Å². The molecule has 0 unspecified atom stereocenters. The Morgan fingerprint density at radius 1 is 1.08 bits per heavy atom. The van der Waals surface area contributed by atoms with E-state index in [4.69, 9.17) is 10.2 Å². The molecule has 1 aliphatic rings. The number of carbonyl (C=O) groups excluding carboxylic acids is 1. The van der Waals surface area contributed by atoms with Crippen LogP contribution in [0, 0.1) is 11.3 Å². The number of aryl methyl sites for hydroxylation is 1. The molecule has 6 rings (SSSR count). The number of fused-ring (bicyclic) bond motifs is 1. The minimum absolute atomic E-state index is 0.0448. The highest BCUT2D eigenvalue weighted by Gasteiger charge is 2.28. The van der Waals surface area contributed by atoms with Gasteiger partial charge in [-0.2, -0.15) is 10.4 Å². The first-order chi connectivity index (χ1) is 18.1. The van der Waals surface area contributed by atoms with E-state index in [1.807, 2.05) is 78.5 Å². The molecule has 180 valence electrons. The second-order valence-electron chi connectivity index (χ2n) is 8.91. The van der Waals surface area contributed by atoms with Gasteiger partial charge in [-0.3, -0.25) is 9.89 Å². The first-order valence-electron chi connectivity index (χ1n) is 11.7. The summed E-state index contributed by atoms with van der Waals surface area (Å²) in [6, 6.07) is 19.7. The third kappa shape index (κ3) is 4.21. The number of hydrogen-bond donors (Lipinski definition) is 2. The highest BCUT2D eigenvalue weighted by Crippen LogP contribution is 2.28. The number of nitriles is 1. The molecule has 0 radical (unpaired) electrons. The van der Waals surface area contributed by atoms with Gasteiger partial charge in [-0.1, -0.05) is 24.3 Å². The fraction of sp³-hybridized carbons (Fsp3) is 0.107. The van der Waals surface area contributed by atoms with Crippen molar-refractivity contribution in [1.82, 2.24) is 29.6 Å². The van der Waals surface area contributed by atoms with Crippen LogP contribution in [0.1, 0.15) is 10.5 Å². The molecule has 0 spiro atoms. The van der Waals surface area contributed by atoms with Crippen LogP contribution in [-0.4, -0.2) is 48.6 Å². The quantitative estimate of drug-likeness (QED) is 0.349. The summed E-state index contributed by atoms with van der Waals surface area (Å²) >= 11 is 0. The molecule has 2 aromatic carbocycles. The number of aromatic amines is 1. The van der Waals surface area contributed by atoms with Gasteiger partial charge in [-0.15, -0.1) is 0 Å². The van der Waals surface area contributed by atoms with E-state index in [-0.39, 0.29) is 5.91 Å². The van der Waals surface area contributed by atoms with E-state index in [0.29, 0.717) is 30.4 Å². The van der Waals surface area contributed by atoms with E-state index in [1.54, 1.807) is 17.3 Å². The van der Waals surface area contributed by atoms with Crippen molar-refractivity contribution in [3.63, 3.8) is 0 Å². The maximum absolute atomic E-state index is 13.0. The second kappa shape index (κ2) is 9.09. The number of carbonyl (C=O) groups is 1. The molecule has 0 saturated carbocycles. The summed E-state index contributed by atoms with van der Waals surface area (Å²) in [5.41, 5.74) is 6.37. The molecule has 0 atom stereocenters. The van der Waals surface area contributed by atoms with E-state index in [2.05, 4.69) is 20.5 Å². The van der Waals surface area contributed by atoms with E-state index in [1.165, 1.54) is 6.08 Å². The molecule has 9 nitrogen and oxygen atoms in total. The lowest BCUT2D eigenvalue weighted by atomic mass is 10.1. The molecule has 37 heavy (non-hydrogen) atoms. The van der Waals surface area contributed by atoms with Gasteiger partial charge in [0.15, 0.2) is 5.82 Å². The second-order valence-corrected chi connectivity index (χ2v) is 8.91. The van der Waals surface area contributed by atoms with Crippen LogP contribution in [0.25, 0.3) is 33.4 Å². The normalized spacial score (nSPS) is 12.8. The van der Waals surface area contributed by atoms with Gasteiger partial charge in [0.1, 0.15) is 11.5 Å². The highest BCUT2D eigenvalue weighted by molar-refractivity contribution is 6.00. The summed E-state index contributed by atoms with van der Waals surface area (Å²) in [6.45, 7) is 0.998. The number of nitrogens with one attached hydrogen (secondary N) is 2. The minimum atomic E-state index is -0.0448. The van der Waals surface area contributed by atoms with Gasteiger partial charge in [0.25, 0.3) is 5.91 Å². The number of nitrogens with zero attached hydrogens (tertiary/aromatic N) is 6. The van der Waals surface area contributed by atoms with Gasteiger partial charge in [0, 0.05) is 66.3 Å². The van der Waals surface area contributed by atoms with E-state index in [9.17, 15) is 4.79 Å². The van der Waals surface area contributed by atoms with Crippen molar-refractivity contribution in [3.05, 3.63) is 90.5 Å². The Kier molecular flexibility index (Phi) is 5.47. The van der Waals surface area contributed by atoms with Crippen molar-refractivity contribution in [1.29, 1.82) is 5.26 Å². The Morgan fingerprint density at radius 2 is 1.89 bits per heavy atom. The van der Waals surface area contributed by atoms with E-state index < -0.39 is 0 Å². The Morgan fingerprint density at radius 3 is 2.65 bits per heavy atom. The number of aromatic nitrogens is 5. The zero-order valence-electron chi connectivity index (χ0n) is 20.0. The Labute approximate surface area is 212 Å². The third-order valence-corrected chi connectivity index (χ3v) is 6.51. The molecule has 9 heteroatoms. The average Bonchev–Trinajstić information content (AvgIpc) is 3.55. The van der Waals surface area contributed by atoms with E-state index >= 15 is 0 Å². The van der Waals surface area contributed by atoms with Gasteiger partial charge in [0.2, 0.25) is 0 Å². The number of hydrogen-bond acceptors (Lipinski definition) is 6. The summed E-state index contributed by atoms with van der Waals surface area (Å²) in [5.74, 6) is 1.23. The topological polar surface area (TPSA) is 116 Å². The predicted molar refractivity (Wildman–Crippen MR) is 141 cm³/mol. The average molecular weight is 487 g/mol. The Balaban J connectivity index is 1.23. The molecule has 4 heterocycles. The number of likely N-dealkylation sites (tertiary alicyclic amines) is 1. The summed E-state index contributed by atoms with van der Waals surface area (Å²) < 4.78 is 1.90. The van der Waals surface area contributed by atoms with Gasteiger partial charge in [-0.25, -0.2) is 9.97 Å². The maximum Gasteiger partial charge on any atom is 0.271 e. The van der Waals surface area contributed by atoms with Gasteiger partial charge >= 0.3 is 0 Å². The van der Waals surface area contributed by atoms with Gasteiger partial charge in [-0.05, 0) is 41.5 Å². The van der Waals surface area contributed by atoms with Crippen LogP contribution in [-0.2, 0) is 7.05 Å². The number of anilines is 2. The van der Waals surface area contributed by atoms with Crippen molar-refractivity contribution in [2.24, 2.45) is 7.05 Å². The van der Waals surface area contributed by atoms with E-state index in [0.717, 1.165) is 38.9 Å². The first kappa shape index (κ1) is 22.2. The SMILES string of the molecule is Cn1c(C(=O)N2CC(=CC#N)C2)cc2ccc(-c3nccc(Nc4ccc(-c5cn[nH]c5)cc4)n3)cc21. The van der Waals surface area contributed by atoms with Crippen LogP contribution in [0.3, 0.4) is 0 Å². The summed E-state index contributed by atoms with van der Waals surface area (Å²) in [4.78, 5) is 23.9. The minimum Gasteiger partial charge on any atom is -0.340 e. The standard InChI is InChI=1S/C28H22N8O/c1-35-24-13-21(3-2-20(24)12-25(35)28(37)36-16-18(17-36)8-10-29)27-30-11-9-26(34-27)33-23-6-4-19(5-7-23)22-14-31-32-15-22/h2-9,11-15H,16-17H2,1H3,(H,31,32)(H,30,33,34). The molecule has 1 fully saturated rings. The van der Waals surface area contributed by atoms with Crippen molar-refractivity contribution in [2.75, 3.05) is 18.4 Å². The lowest BCUT2D eigenvalue weighted by molar-refractivity contribution is 0.0718. The first-order valence-corrected chi connectivity index (χ1v) is 11.7. The zero-order chi connectivity index (χ0) is 25.4. The van der Waals surface area contributed by atoms with Crippen molar-refractivity contribution < 1.29 is 4.79 Å². The van der Waals surface area contributed by atoms with Crippen LogP contribution in [0.5, 0.6) is 0 Å². The van der Waals surface area contributed by atoms with Crippen molar-refractivity contribution in [2.45, 2.75) is 0 Å². The molecular formula is C28H22N8O. The summed E-state index contributed by atoms with van der Waals surface area (Å²) in [6.07, 6.45) is 6.88. The van der Waals surface area contributed by atoms with Crippen molar-refractivity contribution in [3.8, 4) is 28.6 Å². The van der Waals surface area contributed by atoms with Gasteiger partial charge in [0.05, 0.1) is 12.3 Å². The molecule has 5 aromatic rings. The number of allylic oxidation sites excluding steroid dienone is 1. The summed E-state index contributed by atoms with van der Waals surface area (Å²) in [7, 11) is 1.89. The lowest BCUT2D eigenvalue weighted by Crippen LogP contribution is -2.44. The lowest BCUT2D eigenvalue weighted by Gasteiger charge is -2.33. The molecule has 1 saturated heterocycles. The molecule has 0 aliphatic carbocycles. The Hall–Kier alpha value is -5.23. The zero-order valence-corrected chi connectivity index (χ0v) is 20.0. The molecule has 2 N–H and O–H groups in total. The van der Waals surface area contributed by atoms with Crippen molar-refractivity contribution >= 4 is 28.3 Å². The molecular weight excluding hydrogens is 464 g/mol. The Bertz CT molecular complexity index is 1680. The molecule has 0 bridgehead atoms. The highest BCUT2D eigenvalue weighted by atomic mass is 16.2. The maximum atomic E-state index is 13.0. The fourth-order valence-electron chi connectivity index (χ4n) is 4.48. The smallest absolute Gasteiger partial charge is 0.271 e. The molecule has 1 aliphatic heterocycles. The fourth-order valence-corrected chi connectivity index (χ4v) is 4.48. The molecule has 1 amide bonds. The monoisotopic (exact) mass is 486 g/mol. The van der Waals surface area contributed by atoms with Crippen LogP contribution >= 0.6 is 0 Å². The number of benzene rings is 2. The predicted octanol–water partition coefficient (Wildman–Crippen LogP) is 4.67. The van der Waals surface area contributed by atoms with Gasteiger partial charge < -0.3 is 14.8 Å². The molecule has 3 aromatic heterocycles. The number of rotatable bonds is 5. The van der Waals surface area contributed by atoms with Crippen LogP contribution < -0.4 is 5.32 Å². The van der Waals surface area contributed by atoms with Crippen LogP contribution in [0.4, 0.5) is 11.5 Å². The number of amides is 1. The summed E-state index contributed by atoms with van der Waals surface area (Å²) in [5, 5.41) is 19.9. The largest absolute Gasteiger partial charge is 0.340 e. The third-order valence-electron chi connectivity index (χ3n) is 6.51.